The SMILES string of the molecule is O=C(CN1C(=O)N/C(=C/c2cccn2-c2cccc(C(=O)O)c2)C1=O)Nc1ccccc1F. The second-order valence-electron chi connectivity index (χ2n) is 7.07. The molecule has 0 bridgehead atoms. The van der Waals surface area contributed by atoms with Crippen LogP contribution in [0, 0.1) is 5.82 Å². The number of hydrogen-bond donors (Lipinski definition) is 3. The number of carboxylic acids is 1. The fraction of sp³-hybridized carbons (Fsp3) is 0.0435. The van der Waals surface area contributed by atoms with E-state index < -0.39 is 36.2 Å². The number of carboxylic acid groups (broad SMARTS) is 1. The summed E-state index contributed by atoms with van der Waals surface area (Å²) >= 11 is 0. The van der Waals surface area contributed by atoms with Crippen LogP contribution in [0.5, 0.6) is 0 Å². The van der Waals surface area contributed by atoms with E-state index in [1.54, 1.807) is 35.0 Å². The highest BCUT2D eigenvalue weighted by Gasteiger charge is 2.35. The molecule has 4 rings (SSSR count). The summed E-state index contributed by atoms with van der Waals surface area (Å²) in [6, 6.07) is 14.3. The molecule has 0 radical (unpaired) electrons. The molecule has 2 aromatic carbocycles. The molecule has 2 heterocycles. The topological polar surface area (TPSA) is 121 Å². The number of amides is 4. The van der Waals surface area contributed by atoms with Gasteiger partial charge in [0.05, 0.1) is 11.3 Å². The van der Waals surface area contributed by atoms with Gasteiger partial charge in [-0.05, 0) is 48.5 Å². The van der Waals surface area contributed by atoms with Crippen LogP contribution in [0.2, 0.25) is 0 Å². The predicted molar refractivity (Wildman–Crippen MR) is 116 cm³/mol. The number of hydrogen-bond acceptors (Lipinski definition) is 4. The lowest BCUT2D eigenvalue weighted by molar-refractivity contribution is -0.127. The normalized spacial score (nSPS) is 14.5. The Bertz CT molecular complexity index is 1310. The zero-order valence-corrected chi connectivity index (χ0v) is 17.0. The molecular weight excluding hydrogens is 431 g/mol. The monoisotopic (exact) mass is 448 g/mol. The molecule has 0 saturated carbocycles. The number of imide groups is 1. The lowest BCUT2D eigenvalue weighted by Crippen LogP contribution is -2.38. The van der Waals surface area contributed by atoms with Gasteiger partial charge in [-0.1, -0.05) is 18.2 Å². The summed E-state index contributed by atoms with van der Waals surface area (Å²) in [7, 11) is 0. The third-order valence-corrected chi connectivity index (χ3v) is 4.86. The summed E-state index contributed by atoms with van der Waals surface area (Å²) in [5, 5.41) is 13.9. The van der Waals surface area contributed by atoms with Gasteiger partial charge in [-0.2, -0.15) is 0 Å². The van der Waals surface area contributed by atoms with Crippen molar-refractivity contribution in [1.82, 2.24) is 14.8 Å². The van der Waals surface area contributed by atoms with Gasteiger partial charge in [-0.3, -0.25) is 9.59 Å². The lowest BCUT2D eigenvalue weighted by Gasteiger charge is -2.12. The average molecular weight is 448 g/mol. The maximum Gasteiger partial charge on any atom is 0.335 e. The van der Waals surface area contributed by atoms with E-state index in [2.05, 4.69) is 10.6 Å². The molecule has 1 aromatic heterocycles. The van der Waals surface area contributed by atoms with Crippen molar-refractivity contribution in [3.05, 3.63) is 89.6 Å². The standard InChI is InChI=1S/C23H17FN4O5/c24-17-8-1-2-9-18(17)25-20(29)13-28-21(30)19(26-23(28)33)12-16-7-4-10-27(16)15-6-3-5-14(11-15)22(31)32/h1-12H,13H2,(H,25,29)(H,26,33)(H,31,32)/b19-12+. The molecule has 166 valence electrons. The first-order valence-corrected chi connectivity index (χ1v) is 9.73. The van der Waals surface area contributed by atoms with Crippen molar-refractivity contribution in [2.75, 3.05) is 11.9 Å². The summed E-state index contributed by atoms with van der Waals surface area (Å²) in [6.07, 6.45) is 3.09. The minimum atomic E-state index is -1.08. The first-order valence-electron chi connectivity index (χ1n) is 9.73. The molecule has 1 saturated heterocycles. The van der Waals surface area contributed by atoms with Gasteiger partial charge >= 0.3 is 12.0 Å². The second kappa shape index (κ2) is 8.79. The first kappa shape index (κ1) is 21.5. The number of nitrogens with zero attached hydrogens (tertiary/aromatic N) is 2. The Kier molecular flexibility index (Phi) is 5.73. The van der Waals surface area contributed by atoms with E-state index in [9.17, 15) is 28.7 Å². The number of carbonyl (C=O) groups is 4. The number of carbonyl (C=O) groups excluding carboxylic acids is 3. The van der Waals surface area contributed by atoms with Crippen LogP contribution in [0.4, 0.5) is 14.9 Å². The second-order valence-corrected chi connectivity index (χ2v) is 7.07. The van der Waals surface area contributed by atoms with Crippen molar-refractivity contribution in [3.8, 4) is 5.69 Å². The van der Waals surface area contributed by atoms with E-state index in [1.807, 2.05) is 0 Å². The Balaban J connectivity index is 1.53. The number of urea groups is 1. The molecule has 0 spiro atoms. The Morgan fingerprint density at radius 1 is 1.06 bits per heavy atom. The highest BCUT2D eigenvalue weighted by atomic mass is 19.1. The molecule has 33 heavy (non-hydrogen) atoms. The van der Waals surface area contributed by atoms with Gasteiger partial charge in [-0.15, -0.1) is 0 Å². The number of aromatic nitrogens is 1. The van der Waals surface area contributed by atoms with Crippen LogP contribution in [-0.2, 0) is 9.59 Å². The van der Waals surface area contributed by atoms with Gasteiger partial charge in [0.2, 0.25) is 5.91 Å². The van der Waals surface area contributed by atoms with Crippen molar-refractivity contribution in [2.24, 2.45) is 0 Å². The average Bonchev–Trinajstić information content (AvgIpc) is 3.35. The van der Waals surface area contributed by atoms with Gasteiger partial charge in [0.15, 0.2) is 0 Å². The van der Waals surface area contributed by atoms with Crippen molar-refractivity contribution in [3.63, 3.8) is 0 Å². The molecule has 4 amide bonds. The smallest absolute Gasteiger partial charge is 0.335 e. The number of nitrogens with one attached hydrogen (secondary N) is 2. The van der Waals surface area contributed by atoms with E-state index in [0.717, 1.165) is 0 Å². The van der Waals surface area contributed by atoms with Crippen molar-refractivity contribution < 1.29 is 28.7 Å². The number of aromatic carboxylic acids is 1. The van der Waals surface area contributed by atoms with Gasteiger partial charge in [0.1, 0.15) is 18.1 Å². The maximum atomic E-state index is 13.7. The number of halogens is 1. The third kappa shape index (κ3) is 4.49. The molecule has 3 N–H and O–H groups in total. The summed E-state index contributed by atoms with van der Waals surface area (Å²) in [5.41, 5.74) is 1.01. The maximum absolute atomic E-state index is 13.7. The Morgan fingerprint density at radius 2 is 1.85 bits per heavy atom. The Labute approximate surface area is 186 Å². The Morgan fingerprint density at radius 3 is 2.61 bits per heavy atom. The van der Waals surface area contributed by atoms with Crippen molar-refractivity contribution >= 4 is 35.6 Å². The largest absolute Gasteiger partial charge is 0.478 e. The summed E-state index contributed by atoms with van der Waals surface area (Å²) in [6.45, 7) is -0.599. The van der Waals surface area contributed by atoms with Crippen LogP contribution in [0.1, 0.15) is 16.1 Å². The summed E-state index contributed by atoms with van der Waals surface area (Å²) < 4.78 is 15.4. The summed E-state index contributed by atoms with van der Waals surface area (Å²) in [4.78, 5) is 49.2. The quantitative estimate of drug-likeness (QED) is 0.396. The van der Waals surface area contributed by atoms with Crippen LogP contribution < -0.4 is 10.6 Å². The minimum Gasteiger partial charge on any atom is -0.478 e. The molecule has 9 nitrogen and oxygen atoms in total. The molecule has 1 aliphatic rings. The highest BCUT2D eigenvalue weighted by molar-refractivity contribution is 6.15. The highest BCUT2D eigenvalue weighted by Crippen LogP contribution is 2.20. The van der Waals surface area contributed by atoms with Crippen LogP contribution >= 0.6 is 0 Å². The molecular formula is C23H17FN4O5. The fourth-order valence-corrected chi connectivity index (χ4v) is 3.29. The van der Waals surface area contributed by atoms with Gasteiger partial charge in [0.25, 0.3) is 5.91 Å². The molecule has 0 atom stereocenters. The minimum absolute atomic E-state index is 0.0620. The van der Waals surface area contributed by atoms with Crippen LogP contribution in [0.15, 0.2) is 72.6 Å². The van der Waals surface area contributed by atoms with Crippen molar-refractivity contribution in [2.45, 2.75) is 0 Å². The molecule has 10 heteroatoms. The molecule has 1 aliphatic heterocycles. The summed E-state index contributed by atoms with van der Waals surface area (Å²) in [5.74, 6) is -3.18. The van der Waals surface area contributed by atoms with Crippen molar-refractivity contribution in [1.29, 1.82) is 0 Å². The van der Waals surface area contributed by atoms with Crippen LogP contribution in [0.3, 0.4) is 0 Å². The molecule has 0 aliphatic carbocycles. The number of anilines is 1. The van der Waals surface area contributed by atoms with Crippen LogP contribution in [0.25, 0.3) is 11.8 Å². The predicted octanol–water partition coefficient (Wildman–Crippen LogP) is 2.85. The molecule has 3 aromatic rings. The molecule has 1 fully saturated rings. The van der Waals surface area contributed by atoms with Crippen LogP contribution in [-0.4, -0.2) is 44.9 Å². The zero-order chi connectivity index (χ0) is 23.5. The number of para-hydroxylation sites is 1. The fourth-order valence-electron chi connectivity index (χ4n) is 3.29. The number of benzene rings is 2. The zero-order valence-electron chi connectivity index (χ0n) is 17.0. The van der Waals surface area contributed by atoms with E-state index >= 15 is 0 Å². The van der Waals surface area contributed by atoms with E-state index in [-0.39, 0.29) is 16.9 Å². The lowest BCUT2D eigenvalue weighted by atomic mass is 10.2. The van der Waals surface area contributed by atoms with Gasteiger partial charge in [-0.25, -0.2) is 18.9 Å². The first-order chi connectivity index (χ1) is 15.8. The van der Waals surface area contributed by atoms with E-state index in [4.69, 9.17) is 0 Å². The van der Waals surface area contributed by atoms with E-state index in [0.29, 0.717) is 16.3 Å². The number of rotatable bonds is 6. The van der Waals surface area contributed by atoms with E-state index in [1.165, 1.54) is 42.5 Å². The molecule has 0 unspecified atom stereocenters. The Hall–Kier alpha value is -4.73. The van der Waals surface area contributed by atoms with Gasteiger partial charge < -0.3 is 20.3 Å². The third-order valence-electron chi connectivity index (χ3n) is 4.86. The van der Waals surface area contributed by atoms with Gasteiger partial charge in [0, 0.05) is 17.6 Å².